The van der Waals surface area contributed by atoms with Crippen LogP contribution in [-0.4, -0.2) is 29.8 Å². The van der Waals surface area contributed by atoms with Gasteiger partial charge in [0.2, 0.25) is 0 Å². The number of hydrogen-bond acceptors (Lipinski definition) is 3. The molecule has 0 saturated carbocycles. The number of rotatable bonds is 7. The Kier molecular flexibility index (Phi) is 6.18. The first-order valence-electron chi connectivity index (χ1n) is 7.83. The second-order valence-electron chi connectivity index (χ2n) is 5.57. The fourth-order valence-electron chi connectivity index (χ4n) is 2.24. The first-order chi connectivity index (χ1) is 11.1. The van der Waals surface area contributed by atoms with E-state index < -0.39 is 6.10 Å². The Balaban J connectivity index is 1.94. The Morgan fingerprint density at radius 1 is 1.04 bits per heavy atom. The Labute approximate surface area is 137 Å². The van der Waals surface area contributed by atoms with Gasteiger partial charge in [-0.15, -0.1) is 0 Å². The van der Waals surface area contributed by atoms with Crippen molar-refractivity contribution in [2.24, 2.45) is 0 Å². The lowest BCUT2D eigenvalue weighted by atomic mass is 10.1. The molecule has 1 amide bonds. The van der Waals surface area contributed by atoms with Gasteiger partial charge in [-0.2, -0.15) is 0 Å². The predicted octanol–water partition coefficient (Wildman–Crippen LogP) is 3.01. The number of hydrogen-bond donors (Lipinski definition) is 2. The van der Waals surface area contributed by atoms with E-state index in [1.807, 2.05) is 49.4 Å². The van der Waals surface area contributed by atoms with Gasteiger partial charge in [-0.25, -0.2) is 0 Å². The molecule has 0 saturated heterocycles. The fourth-order valence-corrected chi connectivity index (χ4v) is 2.24. The van der Waals surface area contributed by atoms with Gasteiger partial charge in [0, 0.05) is 12.6 Å². The van der Waals surface area contributed by atoms with Crippen LogP contribution in [0.25, 0.3) is 11.1 Å². The molecule has 2 unspecified atom stereocenters. The third-order valence-corrected chi connectivity index (χ3v) is 3.59. The van der Waals surface area contributed by atoms with Crippen molar-refractivity contribution in [2.45, 2.75) is 32.4 Å². The molecule has 0 aliphatic heterocycles. The number of carbonyl (C=O) groups excluding carboxylic acids is 1. The van der Waals surface area contributed by atoms with E-state index in [2.05, 4.69) is 17.4 Å². The van der Waals surface area contributed by atoms with Crippen molar-refractivity contribution in [3.8, 4) is 16.9 Å². The summed E-state index contributed by atoms with van der Waals surface area (Å²) in [5.41, 5.74) is 2.24. The first-order valence-corrected chi connectivity index (χ1v) is 7.83. The molecule has 4 heteroatoms. The van der Waals surface area contributed by atoms with E-state index in [1.54, 1.807) is 6.92 Å². The zero-order chi connectivity index (χ0) is 16.7. The second-order valence-corrected chi connectivity index (χ2v) is 5.57. The van der Waals surface area contributed by atoms with Gasteiger partial charge < -0.3 is 15.2 Å². The maximum atomic E-state index is 12.0. The summed E-state index contributed by atoms with van der Waals surface area (Å²) in [6, 6.07) is 17.7. The number of amides is 1. The van der Waals surface area contributed by atoms with Crippen LogP contribution in [0.3, 0.4) is 0 Å². The predicted molar refractivity (Wildman–Crippen MR) is 91.3 cm³/mol. The minimum absolute atomic E-state index is 0.0532. The molecule has 2 aromatic carbocycles. The molecule has 2 aromatic rings. The highest BCUT2D eigenvalue weighted by Crippen LogP contribution is 2.22. The summed E-state index contributed by atoms with van der Waals surface area (Å²) in [6.07, 6.45) is -0.0525. The van der Waals surface area contributed by atoms with Gasteiger partial charge >= 0.3 is 0 Å². The van der Waals surface area contributed by atoms with Gasteiger partial charge in [-0.05, 0) is 43.5 Å². The minimum atomic E-state index is -0.585. The average molecular weight is 313 g/mol. The molecular weight excluding hydrogens is 290 g/mol. The highest BCUT2D eigenvalue weighted by molar-refractivity contribution is 5.81. The lowest BCUT2D eigenvalue weighted by molar-refractivity contribution is -0.127. The van der Waals surface area contributed by atoms with E-state index in [0.717, 1.165) is 11.1 Å². The summed E-state index contributed by atoms with van der Waals surface area (Å²) >= 11 is 0. The van der Waals surface area contributed by atoms with Crippen LogP contribution >= 0.6 is 0 Å². The third kappa shape index (κ3) is 5.11. The van der Waals surface area contributed by atoms with Crippen molar-refractivity contribution in [3.63, 3.8) is 0 Å². The van der Waals surface area contributed by atoms with Gasteiger partial charge in [-0.1, -0.05) is 42.5 Å². The molecule has 122 valence electrons. The minimum Gasteiger partial charge on any atom is -0.481 e. The van der Waals surface area contributed by atoms with Crippen LogP contribution in [0.1, 0.15) is 20.3 Å². The summed E-state index contributed by atoms with van der Waals surface area (Å²) in [5.74, 6) is 0.472. The molecule has 0 radical (unpaired) electrons. The molecule has 0 aliphatic rings. The van der Waals surface area contributed by atoms with Crippen molar-refractivity contribution in [3.05, 3.63) is 54.6 Å². The van der Waals surface area contributed by atoms with Crippen LogP contribution in [0.5, 0.6) is 5.75 Å². The number of benzene rings is 2. The van der Waals surface area contributed by atoms with Crippen molar-refractivity contribution in [2.75, 3.05) is 6.61 Å². The largest absolute Gasteiger partial charge is 0.481 e. The number of nitrogens with one attached hydrogen (secondary N) is 1. The van der Waals surface area contributed by atoms with Crippen LogP contribution in [0.15, 0.2) is 54.6 Å². The second kappa shape index (κ2) is 8.34. The average Bonchev–Trinajstić information content (AvgIpc) is 2.56. The molecule has 0 bridgehead atoms. The Bertz CT molecular complexity index is 610. The molecule has 0 fully saturated rings. The zero-order valence-electron chi connectivity index (χ0n) is 13.5. The summed E-state index contributed by atoms with van der Waals surface area (Å²) < 4.78 is 5.67. The highest BCUT2D eigenvalue weighted by atomic mass is 16.5. The van der Waals surface area contributed by atoms with Crippen LogP contribution in [0.4, 0.5) is 0 Å². The fraction of sp³-hybridized carbons (Fsp3) is 0.316. The molecule has 0 spiro atoms. The Morgan fingerprint density at radius 3 is 2.26 bits per heavy atom. The summed E-state index contributed by atoms with van der Waals surface area (Å²) in [5, 5.41) is 11.7. The van der Waals surface area contributed by atoms with E-state index in [-0.39, 0.29) is 18.6 Å². The number of ether oxygens (including phenoxy) is 1. The maximum Gasteiger partial charge on any atom is 0.260 e. The first kappa shape index (κ1) is 17.0. The molecular formula is C19H23NO3. The van der Waals surface area contributed by atoms with E-state index in [9.17, 15) is 4.79 Å². The van der Waals surface area contributed by atoms with Crippen molar-refractivity contribution in [1.82, 2.24) is 5.32 Å². The van der Waals surface area contributed by atoms with E-state index in [1.165, 1.54) is 0 Å². The zero-order valence-corrected chi connectivity index (χ0v) is 13.5. The maximum absolute atomic E-state index is 12.0. The molecule has 4 nitrogen and oxygen atoms in total. The number of carbonyl (C=O) groups is 1. The Morgan fingerprint density at radius 2 is 1.65 bits per heavy atom. The molecule has 0 heterocycles. The number of aliphatic hydroxyl groups is 1. The van der Waals surface area contributed by atoms with E-state index in [0.29, 0.717) is 12.2 Å². The summed E-state index contributed by atoms with van der Waals surface area (Å²) in [7, 11) is 0. The van der Waals surface area contributed by atoms with Crippen LogP contribution in [0, 0.1) is 0 Å². The molecule has 0 aliphatic carbocycles. The van der Waals surface area contributed by atoms with Crippen molar-refractivity contribution < 1.29 is 14.6 Å². The van der Waals surface area contributed by atoms with Gasteiger partial charge in [-0.3, -0.25) is 4.79 Å². The summed E-state index contributed by atoms with van der Waals surface area (Å²) in [4.78, 5) is 12.0. The molecule has 23 heavy (non-hydrogen) atoms. The molecule has 2 atom stereocenters. The van der Waals surface area contributed by atoms with Gasteiger partial charge in [0.1, 0.15) is 5.75 Å². The normalized spacial score (nSPS) is 13.2. The lowest BCUT2D eigenvalue weighted by Gasteiger charge is -2.18. The topological polar surface area (TPSA) is 58.6 Å². The van der Waals surface area contributed by atoms with Gasteiger partial charge in [0.25, 0.3) is 5.91 Å². The Hall–Kier alpha value is -2.33. The molecule has 2 N–H and O–H groups in total. The summed E-state index contributed by atoms with van der Waals surface area (Å²) in [6.45, 7) is 3.62. The molecule has 2 rings (SSSR count). The SMILES string of the molecule is CC(CCO)NC(=O)C(C)Oc1ccc(-c2ccccc2)cc1. The van der Waals surface area contributed by atoms with E-state index >= 15 is 0 Å². The monoisotopic (exact) mass is 313 g/mol. The third-order valence-electron chi connectivity index (χ3n) is 3.59. The lowest BCUT2D eigenvalue weighted by Crippen LogP contribution is -2.41. The standard InChI is InChI=1S/C19H23NO3/c1-14(12-13-21)20-19(22)15(2)23-18-10-8-17(9-11-18)16-6-4-3-5-7-16/h3-11,14-15,21H,12-13H2,1-2H3,(H,20,22). The number of aliphatic hydroxyl groups excluding tert-OH is 1. The smallest absolute Gasteiger partial charge is 0.260 e. The van der Waals surface area contributed by atoms with Gasteiger partial charge in [0.15, 0.2) is 6.10 Å². The van der Waals surface area contributed by atoms with Crippen molar-refractivity contribution in [1.29, 1.82) is 0 Å². The molecule has 0 aromatic heterocycles. The van der Waals surface area contributed by atoms with Gasteiger partial charge in [0.05, 0.1) is 0 Å². The quantitative estimate of drug-likeness (QED) is 0.826. The van der Waals surface area contributed by atoms with Crippen LogP contribution < -0.4 is 10.1 Å². The van der Waals surface area contributed by atoms with Crippen LogP contribution in [0.2, 0.25) is 0 Å². The van der Waals surface area contributed by atoms with E-state index in [4.69, 9.17) is 9.84 Å². The van der Waals surface area contributed by atoms with Crippen LogP contribution in [-0.2, 0) is 4.79 Å². The highest BCUT2D eigenvalue weighted by Gasteiger charge is 2.16. The van der Waals surface area contributed by atoms with Crippen molar-refractivity contribution >= 4 is 5.91 Å².